The van der Waals surface area contributed by atoms with Gasteiger partial charge in [-0.25, -0.2) is 0 Å². The van der Waals surface area contributed by atoms with Gasteiger partial charge in [-0.1, -0.05) is 25.0 Å². The van der Waals surface area contributed by atoms with Gasteiger partial charge in [0.05, 0.1) is 12.6 Å². The van der Waals surface area contributed by atoms with Crippen molar-refractivity contribution in [1.82, 2.24) is 10.6 Å². The van der Waals surface area contributed by atoms with Crippen LogP contribution in [0.25, 0.3) is 0 Å². The summed E-state index contributed by atoms with van der Waals surface area (Å²) >= 11 is 0. The first-order valence-corrected chi connectivity index (χ1v) is 8.41. The first-order valence-electron chi connectivity index (χ1n) is 8.41. The van der Waals surface area contributed by atoms with Crippen molar-refractivity contribution in [1.29, 1.82) is 0 Å². The summed E-state index contributed by atoms with van der Waals surface area (Å²) in [6.45, 7) is 1.90. The molecule has 0 aromatic heterocycles. The first-order chi connectivity index (χ1) is 10.7. The number of ether oxygens (including phenoxy) is 1. The van der Waals surface area contributed by atoms with Gasteiger partial charge in [0.1, 0.15) is 5.75 Å². The number of nitrogens with one attached hydrogen (secondary N) is 2. The predicted octanol–water partition coefficient (Wildman–Crippen LogP) is 2.58. The maximum atomic E-state index is 12.7. The molecule has 2 N–H and O–H groups in total. The van der Waals surface area contributed by atoms with Crippen LogP contribution in [0.5, 0.6) is 5.75 Å². The van der Waals surface area contributed by atoms with Crippen molar-refractivity contribution in [3.8, 4) is 5.75 Å². The quantitative estimate of drug-likeness (QED) is 0.899. The zero-order chi connectivity index (χ0) is 15.4. The molecule has 4 nitrogen and oxygen atoms in total. The summed E-state index contributed by atoms with van der Waals surface area (Å²) < 4.78 is 5.25. The Balaban J connectivity index is 1.76. The number of hydrogen-bond acceptors (Lipinski definition) is 3. The lowest BCUT2D eigenvalue weighted by Gasteiger charge is -2.34. The number of carbonyl (C=O) groups is 1. The lowest BCUT2D eigenvalue weighted by molar-refractivity contribution is -0.127. The Morgan fingerprint density at radius 3 is 2.41 bits per heavy atom. The summed E-state index contributed by atoms with van der Waals surface area (Å²) in [5.74, 6) is 1.26. The van der Waals surface area contributed by atoms with E-state index in [-0.39, 0.29) is 17.4 Å². The van der Waals surface area contributed by atoms with Gasteiger partial charge in [0.25, 0.3) is 0 Å². The lowest BCUT2D eigenvalue weighted by atomic mass is 9.86. The van der Waals surface area contributed by atoms with Crippen LogP contribution in [0.3, 0.4) is 0 Å². The van der Waals surface area contributed by atoms with Crippen LogP contribution in [-0.4, -0.2) is 26.1 Å². The molecule has 4 heteroatoms. The second-order valence-corrected chi connectivity index (χ2v) is 6.53. The highest BCUT2D eigenvalue weighted by atomic mass is 16.5. The summed E-state index contributed by atoms with van der Waals surface area (Å²) in [4.78, 5) is 12.7. The van der Waals surface area contributed by atoms with Gasteiger partial charge in [-0.15, -0.1) is 0 Å². The van der Waals surface area contributed by atoms with E-state index in [1.807, 2.05) is 12.1 Å². The van der Waals surface area contributed by atoms with Crippen LogP contribution < -0.4 is 15.4 Å². The third kappa shape index (κ3) is 3.12. The van der Waals surface area contributed by atoms with Crippen LogP contribution in [0.15, 0.2) is 24.3 Å². The standard InChI is InChI=1S/C18H26N2O2/c1-22-16-6-4-15(5-7-16)18(10-2-3-11-18)20-17(21)14-8-12-19-13-9-14/h4-7,14,19H,2-3,8-13H2,1H3,(H,20,21). The second-order valence-electron chi connectivity index (χ2n) is 6.53. The molecular formula is C18H26N2O2. The molecule has 0 radical (unpaired) electrons. The molecule has 1 heterocycles. The third-order valence-corrected chi connectivity index (χ3v) is 5.17. The molecule has 1 saturated heterocycles. The number of hydrogen-bond donors (Lipinski definition) is 2. The molecule has 1 aliphatic heterocycles. The van der Waals surface area contributed by atoms with E-state index in [1.165, 1.54) is 18.4 Å². The van der Waals surface area contributed by atoms with Gasteiger partial charge in [0.15, 0.2) is 0 Å². The zero-order valence-electron chi connectivity index (χ0n) is 13.4. The van der Waals surface area contributed by atoms with Gasteiger partial charge < -0.3 is 15.4 Å². The van der Waals surface area contributed by atoms with Crippen LogP contribution in [0.2, 0.25) is 0 Å². The summed E-state index contributed by atoms with van der Waals surface area (Å²) in [7, 11) is 1.68. The average Bonchev–Trinajstić information content (AvgIpc) is 3.05. The van der Waals surface area contributed by atoms with E-state index >= 15 is 0 Å². The molecule has 3 rings (SSSR count). The molecule has 1 amide bonds. The number of benzene rings is 1. The van der Waals surface area contributed by atoms with E-state index in [1.54, 1.807) is 7.11 Å². The highest BCUT2D eigenvalue weighted by Crippen LogP contribution is 2.39. The van der Waals surface area contributed by atoms with Gasteiger partial charge in [-0.05, 0) is 56.5 Å². The van der Waals surface area contributed by atoms with Gasteiger partial charge in [-0.2, -0.15) is 0 Å². The van der Waals surface area contributed by atoms with Crippen molar-refractivity contribution in [3.63, 3.8) is 0 Å². The van der Waals surface area contributed by atoms with Crippen LogP contribution in [0, 0.1) is 5.92 Å². The molecule has 0 atom stereocenters. The Kier molecular flexibility index (Phi) is 4.67. The fourth-order valence-corrected chi connectivity index (χ4v) is 3.80. The summed E-state index contributed by atoms with van der Waals surface area (Å²) in [6.07, 6.45) is 6.33. The Labute approximate surface area is 132 Å². The Bertz CT molecular complexity index is 500. The molecule has 1 saturated carbocycles. The van der Waals surface area contributed by atoms with Crippen molar-refractivity contribution >= 4 is 5.91 Å². The highest BCUT2D eigenvalue weighted by molar-refractivity contribution is 5.80. The molecule has 0 bridgehead atoms. The molecule has 1 aromatic carbocycles. The SMILES string of the molecule is COc1ccc(C2(NC(=O)C3CCNCC3)CCCC2)cc1. The molecule has 2 fully saturated rings. The van der Waals surface area contributed by atoms with Gasteiger partial charge >= 0.3 is 0 Å². The van der Waals surface area contributed by atoms with E-state index in [4.69, 9.17) is 4.74 Å². The van der Waals surface area contributed by atoms with Crippen molar-refractivity contribution < 1.29 is 9.53 Å². The van der Waals surface area contributed by atoms with Crippen LogP contribution >= 0.6 is 0 Å². The second kappa shape index (κ2) is 6.69. The smallest absolute Gasteiger partial charge is 0.223 e. The normalized spacial score (nSPS) is 21.5. The first kappa shape index (κ1) is 15.3. The van der Waals surface area contributed by atoms with Crippen LogP contribution in [-0.2, 0) is 10.3 Å². The Morgan fingerprint density at radius 1 is 1.18 bits per heavy atom. The minimum atomic E-state index is -0.172. The largest absolute Gasteiger partial charge is 0.497 e. The molecule has 2 aliphatic rings. The molecule has 22 heavy (non-hydrogen) atoms. The molecule has 0 spiro atoms. The molecular weight excluding hydrogens is 276 g/mol. The van der Waals surface area contributed by atoms with E-state index < -0.39 is 0 Å². The minimum absolute atomic E-state index is 0.164. The summed E-state index contributed by atoms with van der Waals surface area (Å²) in [5, 5.41) is 6.73. The zero-order valence-corrected chi connectivity index (χ0v) is 13.4. The fraction of sp³-hybridized carbons (Fsp3) is 0.611. The number of methoxy groups -OCH3 is 1. The summed E-state index contributed by atoms with van der Waals surface area (Å²) in [6, 6.07) is 8.19. The third-order valence-electron chi connectivity index (χ3n) is 5.17. The minimum Gasteiger partial charge on any atom is -0.497 e. The van der Waals surface area contributed by atoms with Crippen molar-refractivity contribution in [2.45, 2.75) is 44.1 Å². The molecule has 0 unspecified atom stereocenters. The maximum absolute atomic E-state index is 12.7. The molecule has 1 aliphatic carbocycles. The van der Waals surface area contributed by atoms with E-state index in [0.29, 0.717) is 0 Å². The molecule has 1 aromatic rings. The van der Waals surface area contributed by atoms with E-state index in [2.05, 4.69) is 22.8 Å². The maximum Gasteiger partial charge on any atom is 0.223 e. The summed E-state index contributed by atoms with van der Waals surface area (Å²) in [5.41, 5.74) is 1.04. The van der Waals surface area contributed by atoms with E-state index in [9.17, 15) is 4.79 Å². The van der Waals surface area contributed by atoms with E-state index in [0.717, 1.165) is 44.5 Å². The van der Waals surface area contributed by atoms with Crippen LogP contribution in [0.1, 0.15) is 44.1 Å². The topological polar surface area (TPSA) is 50.4 Å². The Morgan fingerprint density at radius 2 is 1.82 bits per heavy atom. The number of carbonyl (C=O) groups excluding carboxylic acids is 1. The Hall–Kier alpha value is -1.55. The monoisotopic (exact) mass is 302 g/mol. The fourth-order valence-electron chi connectivity index (χ4n) is 3.80. The van der Waals surface area contributed by atoms with Gasteiger partial charge in [0, 0.05) is 5.92 Å². The van der Waals surface area contributed by atoms with Gasteiger partial charge in [0.2, 0.25) is 5.91 Å². The van der Waals surface area contributed by atoms with Crippen molar-refractivity contribution in [3.05, 3.63) is 29.8 Å². The molecule has 120 valence electrons. The van der Waals surface area contributed by atoms with Crippen LogP contribution in [0.4, 0.5) is 0 Å². The number of rotatable bonds is 4. The number of amides is 1. The van der Waals surface area contributed by atoms with Crippen molar-refractivity contribution in [2.24, 2.45) is 5.92 Å². The lowest BCUT2D eigenvalue weighted by Crippen LogP contribution is -2.48. The van der Waals surface area contributed by atoms with Gasteiger partial charge in [-0.3, -0.25) is 4.79 Å². The average molecular weight is 302 g/mol. The highest BCUT2D eigenvalue weighted by Gasteiger charge is 2.38. The predicted molar refractivity (Wildman–Crippen MR) is 86.9 cm³/mol. The van der Waals surface area contributed by atoms with Crippen molar-refractivity contribution in [2.75, 3.05) is 20.2 Å². The number of piperidine rings is 1.